The second-order valence-electron chi connectivity index (χ2n) is 5.64. The van der Waals surface area contributed by atoms with E-state index in [1.807, 2.05) is 0 Å². The Labute approximate surface area is 105 Å². The summed E-state index contributed by atoms with van der Waals surface area (Å²) >= 11 is 0. The molecule has 2 N–H and O–H groups in total. The minimum atomic E-state index is -0.767. The second kappa shape index (κ2) is 8.48. The summed E-state index contributed by atoms with van der Waals surface area (Å²) in [6.45, 7) is 7.76. The first-order chi connectivity index (χ1) is 7.87. The van der Waals surface area contributed by atoms with Crippen molar-refractivity contribution in [2.24, 2.45) is 5.41 Å². The third-order valence-electron chi connectivity index (χ3n) is 2.66. The van der Waals surface area contributed by atoms with Gasteiger partial charge in [0.25, 0.3) is 0 Å². The van der Waals surface area contributed by atoms with E-state index in [-0.39, 0.29) is 0 Å². The number of unbranched alkanes of at least 4 members (excludes halogenated alkanes) is 1. The summed E-state index contributed by atoms with van der Waals surface area (Å²) in [5, 5.41) is 12.0. The molecule has 0 aromatic heterocycles. The van der Waals surface area contributed by atoms with Gasteiger partial charge in [-0.05, 0) is 18.3 Å². The lowest BCUT2D eigenvalue weighted by atomic mass is 9.89. The highest BCUT2D eigenvalue weighted by Crippen LogP contribution is 2.22. The first-order valence-electron chi connectivity index (χ1n) is 6.32. The lowest BCUT2D eigenvalue weighted by Crippen LogP contribution is -2.38. The summed E-state index contributed by atoms with van der Waals surface area (Å²) in [7, 11) is 1.61. The van der Waals surface area contributed by atoms with Crippen LogP contribution in [0.5, 0.6) is 0 Å². The quantitative estimate of drug-likeness (QED) is 0.612. The molecule has 0 aliphatic heterocycles. The van der Waals surface area contributed by atoms with Gasteiger partial charge in [0.2, 0.25) is 0 Å². The third kappa shape index (κ3) is 10.3. The van der Waals surface area contributed by atoms with Crippen LogP contribution in [0.15, 0.2) is 0 Å². The zero-order chi connectivity index (χ0) is 13.3. The van der Waals surface area contributed by atoms with Gasteiger partial charge in [0.15, 0.2) is 0 Å². The van der Waals surface area contributed by atoms with Crippen molar-refractivity contribution >= 4 is 5.97 Å². The van der Waals surface area contributed by atoms with Crippen LogP contribution < -0.4 is 5.32 Å². The van der Waals surface area contributed by atoms with E-state index < -0.39 is 12.0 Å². The molecule has 102 valence electrons. The van der Waals surface area contributed by atoms with Gasteiger partial charge >= 0.3 is 5.97 Å². The van der Waals surface area contributed by atoms with Crippen LogP contribution in [-0.2, 0) is 9.53 Å². The zero-order valence-electron chi connectivity index (χ0n) is 11.6. The van der Waals surface area contributed by atoms with Gasteiger partial charge < -0.3 is 15.2 Å². The Kier molecular flexibility index (Phi) is 8.17. The summed E-state index contributed by atoms with van der Waals surface area (Å²) in [4.78, 5) is 11.0. The van der Waals surface area contributed by atoms with Crippen LogP contribution in [0.1, 0.15) is 46.5 Å². The maximum Gasteiger partial charge on any atom is 0.320 e. The van der Waals surface area contributed by atoms with Crippen LogP contribution >= 0.6 is 0 Å². The van der Waals surface area contributed by atoms with Crippen molar-refractivity contribution < 1.29 is 14.6 Å². The number of aliphatic carboxylic acids is 1. The van der Waals surface area contributed by atoms with Gasteiger partial charge in [-0.3, -0.25) is 4.79 Å². The van der Waals surface area contributed by atoms with Gasteiger partial charge in [0.1, 0.15) is 6.04 Å². The fourth-order valence-corrected chi connectivity index (χ4v) is 1.65. The van der Waals surface area contributed by atoms with E-state index in [1.165, 1.54) is 0 Å². The number of methoxy groups -OCH3 is 1. The molecular formula is C13H27NO3. The van der Waals surface area contributed by atoms with E-state index in [0.29, 0.717) is 25.0 Å². The van der Waals surface area contributed by atoms with Crippen LogP contribution in [0, 0.1) is 5.41 Å². The largest absolute Gasteiger partial charge is 0.480 e. The molecule has 4 nitrogen and oxygen atoms in total. The van der Waals surface area contributed by atoms with Crippen LogP contribution in [0.2, 0.25) is 0 Å². The molecule has 0 aliphatic rings. The minimum absolute atomic E-state index is 0.336. The van der Waals surface area contributed by atoms with Crippen molar-refractivity contribution in [1.82, 2.24) is 5.32 Å². The average Bonchev–Trinajstić information content (AvgIpc) is 2.19. The zero-order valence-corrected chi connectivity index (χ0v) is 11.6. The Hall–Kier alpha value is -0.610. The van der Waals surface area contributed by atoms with Gasteiger partial charge in [-0.15, -0.1) is 0 Å². The first-order valence-corrected chi connectivity index (χ1v) is 6.32. The molecule has 0 spiro atoms. The molecule has 0 radical (unpaired) electrons. The van der Waals surface area contributed by atoms with Crippen molar-refractivity contribution in [1.29, 1.82) is 0 Å². The maximum absolute atomic E-state index is 11.0. The number of carbonyl (C=O) groups is 1. The maximum atomic E-state index is 11.0. The van der Waals surface area contributed by atoms with Gasteiger partial charge in [0, 0.05) is 13.7 Å². The summed E-state index contributed by atoms with van der Waals surface area (Å²) in [6, 6.07) is -0.440. The first kappa shape index (κ1) is 16.4. The number of carboxylic acid groups (broad SMARTS) is 1. The van der Waals surface area contributed by atoms with Gasteiger partial charge in [-0.25, -0.2) is 0 Å². The summed E-state index contributed by atoms with van der Waals surface area (Å²) in [5.41, 5.74) is 0.336. The SMILES string of the molecule is COCCNC(CCCCC(C)(C)C)C(=O)O. The number of hydrogen-bond donors (Lipinski definition) is 2. The van der Waals surface area contributed by atoms with Crippen molar-refractivity contribution in [3.63, 3.8) is 0 Å². The van der Waals surface area contributed by atoms with E-state index in [0.717, 1.165) is 19.3 Å². The molecule has 1 unspecified atom stereocenters. The molecule has 0 bridgehead atoms. The van der Waals surface area contributed by atoms with E-state index in [1.54, 1.807) is 7.11 Å². The summed E-state index contributed by atoms with van der Waals surface area (Å²) < 4.78 is 4.89. The lowest BCUT2D eigenvalue weighted by Gasteiger charge is -2.19. The smallest absolute Gasteiger partial charge is 0.320 e. The summed E-state index contributed by atoms with van der Waals surface area (Å²) in [6.07, 6.45) is 3.86. The van der Waals surface area contributed by atoms with Gasteiger partial charge in [-0.1, -0.05) is 33.6 Å². The van der Waals surface area contributed by atoms with Crippen LogP contribution in [0.3, 0.4) is 0 Å². The van der Waals surface area contributed by atoms with Gasteiger partial charge in [-0.2, -0.15) is 0 Å². The molecule has 0 saturated carbocycles. The monoisotopic (exact) mass is 245 g/mol. The molecule has 0 aliphatic carbocycles. The number of hydrogen-bond acceptors (Lipinski definition) is 3. The highest BCUT2D eigenvalue weighted by atomic mass is 16.5. The molecule has 0 rings (SSSR count). The van der Waals surface area contributed by atoms with Crippen LogP contribution in [-0.4, -0.2) is 37.4 Å². The molecule has 1 atom stereocenters. The number of carboxylic acids is 1. The van der Waals surface area contributed by atoms with E-state index in [2.05, 4.69) is 26.1 Å². The molecular weight excluding hydrogens is 218 g/mol. The topological polar surface area (TPSA) is 58.6 Å². The Bertz CT molecular complexity index is 211. The highest BCUT2D eigenvalue weighted by molar-refractivity contribution is 5.73. The standard InChI is InChI=1S/C13H27NO3/c1-13(2,3)8-6-5-7-11(12(15)16)14-9-10-17-4/h11,14H,5-10H2,1-4H3,(H,15,16). The Morgan fingerprint density at radius 3 is 2.47 bits per heavy atom. The molecule has 17 heavy (non-hydrogen) atoms. The second-order valence-corrected chi connectivity index (χ2v) is 5.64. The van der Waals surface area contributed by atoms with Crippen molar-refractivity contribution in [2.75, 3.05) is 20.3 Å². The highest BCUT2D eigenvalue weighted by Gasteiger charge is 2.16. The molecule has 0 amide bonds. The predicted octanol–water partition coefficient (Wildman–Crippen LogP) is 2.28. The number of nitrogens with one attached hydrogen (secondary N) is 1. The van der Waals surface area contributed by atoms with Crippen LogP contribution in [0.4, 0.5) is 0 Å². The van der Waals surface area contributed by atoms with E-state index >= 15 is 0 Å². The van der Waals surface area contributed by atoms with Crippen molar-refractivity contribution in [3.8, 4) is 0 Å². The van der Waals surface area contributed by atoms with E-state index in [9.17, 15) is 4.79 Å². The molecule has 0 aromatic rings. The van der Waals surface area contributed by atoms with E-state index in [4.69, 9.17) is 9.84 Å². The Balaban J connectivity index is 3.74. The Morgan fingerprint density at radius 1 is 1.35 bits per heavy atom. The average molecular weight is 245 g/mol. The minimum Gasteiger partial charge on any atom is -0.480 e. The Morgan fingerprint density at radius 2 is 2.00 bits per heavy atom. The third-order valence-corrected chi connectivity index (χ3v) is 2.66. The molecule has 4 heteroatoms. The normalized spacial score (nSPS) is 13.6. The lowest BCUT2D eigenvalue weighted by molar-refractivity contribution is -0.139. The summed E-state index contributed by atoms with van der Waals surface area (Å²) in [5.74, 6) is -0.767. The van der Waals surface area contributed by atoms with Crippen LogP contribution in [0.25, 0.3) is 0 Å². The number of ether oxygens (including phenoxy) is 1. The predicted molar refractivity (Wildman–Crippen MR) is 69.2 cm³/mol. The fraction of sp³-hybridized carbons (Fsp3) is 0.923. The van der Waals surface area contributed by atoms with Crippen molar-refractivity contribution in [2.45, 2.75) is 52.5 Å². The van der Waals surface area contributed by atoms with Gasteiger partial charge in [0.05, 0.1) is 6.61 Å². The molecule has 0 saturated heterocycles. The fourth-order valence-electron chi connectivity index (χ4n) is 1.65. The molecule has 0 heterocycles. The number of rotatable bonds is 9. The molecule has 0 fully saturated rings. The molecule has 0 aromatic carbocycles. The van der Waals surface area contributed by atoms with Crippen molar-refractivity contribution in [3.05, 3.63) is 0 Å².